The highest BCUT2D eigenvalue weighted by molar-refractivity contribution is 7.80. The second-order valence-corrected chi connectivity index (χ2v) is 6.63. The number of hydrogen-bond donors (Lipinski definition) is 1. The molecule has 1 N–H and O–H groups in total. The monoisotopic (exact) mass is 356 g/mol. The summed E-state index contributed by atoms with van der Waals surface area (Å²) < 4.78 is 11.9. The summed E-state index contributed by atoms with van der Waals surface area (Å²) in [7, 11) is 0. The molecule has 0 unspecified atom stereocenters. The van der Waals surface area contributed by atoms with Crippen LogP contribution in [0.15, 0.2) is 48.5 Å². The summed E-state index contributed by atoms with van der Waals surface area (Å²) in [5.74, 6) is 1.61. The average molecular weight is 356 g/mol. The number of rotatable bonds is 5. The van der Waals surface area contributed by atoms with E-state index in [2.05, 4.69) is 36.2 Å². The van der Waals surface area contributed by atoms with Gasteiger partial charge in [0.15, 0.2) is 22.7 Å². The Balaban J connectivity index is 1.63. The average Bonchev–Trinajstić information content (AvgIpc) is 2.63. The molecule has 0 saturated heterocycles. The lowest BCUT2D eigenvalue weighted by molar-refractivity contribution is 0.0746. The summed E-state index contributed by atoms with van der Waals surface area (Å²) in [6.45, 7) is 6.32. The van der Waals surface area contributed by atoms with E-state index >= 15 is 0 Å². The lowest BCUT2D eigenvalue weighted by atomic mass is 10.2. The molecule has 0 saturated carbocycles. The minimum absolute atomic E-state index is 0.0424. The maximum absolute atomic E-state index is 6.07. The highest BCUT2D eigenvalue weighted by Crippen LogP contribution is 2.31. The molecular weight excluding hydrogens is 332 g/mol. The molecule has 1 aliphatic heterocycles. The third-order valence-electron chi connectivity index (χ3n) is 4.08. The fourth-order valence-electron chi connectivity index (χ4n) is 2.78. The van der Waals surface area contributed by atoms with Gasteiger partial charge in [-0.05, 0) is 49.8 Å². The van der Waals surface area contributed by atoms with Gasteiger partial charge in [-0.25, -0.2) is 0 Å². The first-order valence-corrected chi connectivity index (χ1v) is 9.07. The molecule has 3 rings (SSSR count). The van der Waals surface area contributed by atoms with E-state index in [-0.39, 0.29) is 6.10 Å². The van der Waals surface area contributed by atoms with Gasteiger partial charge in [0.05, 0.1) is 6.54 Å². The fraction of sp³-hybridized carbons (Fsp3) is 0.350. The van der Waals surface area contributed by atoms with Crippen molar-refractivity contribution in [3.63, 3.8) is 0 Å². The number of thiocarbonyl (C=S) groups is 1. The molecule has 0 spiro atoms. The molecule has 132 valence electrons. The second-order valence-electron chi connectivity index (χ2n) is 6.24. The van der Waals surface area contributed by atoms with Crippen molar-refractivity contribution in [3.8, 4) is 11.5 Å². The minimum atomic E-state index is -0.0424. The van der Waals surface area contributed by atoms with Crippen LogP contribution in [0.1, 0.15) is 18.9 Å². The normalized spacial score (nSPS) is 15.5. The van der Waals surface area contributed by atoms with E-state index < -0.39 is 0 Å². The predicted octanol–water partition coefficient (Wildman–Crippen LogP) is 4.24. The molecule has 2 aromatic rings. The van der Waals surface area contributed by atoms with E-state index in [0.717, 1.165) is 30.2 Å². The van der Waals surface area contributed by atoms with E-state index in [4.69, 9.17) is 21.7 Å². The molecule has 0 radical (unpaired) electrons. The van der Waals surface area contributed by atoms with Crippen molar-refractivity contribution in [3.05, 3.63) is 54.1 Å². The van der Waals surface area contributed by atoms with Crippen LogP contribution in [-0.4, -0.2) is 35.8 Å². The van der Waals surface area contributed by atoms with Crippen LogP contribution >= 0.6 is 12.2 Å². The van der Waals surface area contributed by atoms with Crippen LogP contribution in [0, 0.1) is 6.92 Å². The quantitative estimate of drug-likeness (QED) is 0.810. The van der Waals surface area contributed by atoms with Crippen LogP contribution in [-0.2, 0) is 0 Å². The highest BCUT2D eigenvalue weighted by atomic mass is 32.1. The maximum atomic E-state index is 6.07. The largest absolute Gasteiger partial charge is 0.486 e. The predicted molar refractivity (Wildman–Crippen MR) is 106 cm³/mol. The Morgan fingerprint density at radius 1 is 1.16 bits per heavy atom. The summed E-state index contributed by atoms with van der Waals surface area (Å²) in [5.41, 5.74) is 2.23. The zero-order valence-corrected chi connectivity index (χ0v) is 15.5. The molecule has 0 bridgehead atoms. The van der Waals surface area contributed by atoms with Gasteiger partial charge < -0.3 is 19.7 Å². The van der Waals surface area contributed by atoms with Gasteiger partial charge in [0.1, 0.15) is 6.61 Å². The van der Waals surface area contributed by atoms with Gasteiger partial charge in [0.25, 0.3) is 0 Å². The summed E-state index contributed by atoms with van der Waals surface area (Å²) in [4.78, 5) is 2.15. The zero-order valence-electron chi connectivity index (χ0n) is 14.7. The lowest BCUT2D eigenvalue weighted by Crippen LogP contribution is -2.45. The third-order valence-corrected chi connectivity index (χ3v) is 4.44. The molecule has 2 aromatic carbocycles. The number of benzene rings is 2. The van der Waals surface area contributed by atoms with Crippen LogP contribution in [0.25, 0.3) is 0 Å². The van der Waals surface area contributed by atoms with E-state index in [1.807, 2.05) is 36.4 Å². The van der Waals surface area contributed by atoms with E-state index in [9.17, 15) is 0 Å². The van der Waals surface area contributed by atoms with Crippen LogP contribution in [0.4, 0.5) is 5.69 Å². The maximum Gasteiger partial charge on any atom is 0.173 e. The number of ether oxygens (including phenoxy) is 2. The molecule has 5 heteroatoms. The zero-order chi connectivity index (χ0) is 17.6. The lowest BCUT2D eigenvalue weighted by Gasteiger charge is -2.32. The third kappa shape index (κ3) is 4.63. The number of anilines is 1. The van der Waals surface area contributed by atoms with Crippen LogP contribution < -0.4 is 14.8 Å². The van der Waals surface area contributed by atoms with Crippen molar-refractivity contribution < 1.29 is 9.47 Å². The number of nitrogens with zero attached hydrogens (tertiary/aromatic N) is 1. The van der Waals surface area contributed by atoms with Crippen molar-refractivity contribution in [2.75, 3.05) is 25.0 Å². The SMILES string of the molecule is CCCN(C[C@@H]1COc2ccccc2O1)C(=S)Nc1ccc(C)cc1. The summed E-state index contributed by atoms with van der Waals surface area (Å²) in [6.07, 6.45) is 0.971. The second kappa shape index (κ2) is 8.21. The molecule has 1 aliphatic rings. The van der Waals surface area contributed by atoms with Gasteiger partial charge in [0, 0.05) is 12.2 Å². The number of aryl methyl sites for hydroxylation is 1. The Labute approximate surface area is 154 Å². The molecule has 25 heavy (non-hydrogen) atoms. The van der Waals surface area contributed by atoms with Crippen molar-refractivity contribution in [1.82, 2.24) is 4.90 Å². The smallest absolute Gasteiger partial charge is 0.173 e. The van der Waals surface area contributed by atoms with Gasteiger partial charge in [0.2, 0.25) is 0 Å². The molecule has 4 nitrogen and oxygen atoms in total. The number of para-hydroxylation sites is 2. The van der Waals surface area contributed by atoms with E-state index in [1.54, 1.807) is 0 Å². The van der Waals surface area contributed by atoms with Gasteiger partial charge in [-0.15, -0.1) is 0 Å². The minimum Gasteiger partial charge on any atom is -0.486 e. The standard InChI is InChI=1S/C20H24N2O2S/c1-3-12-22(20(25)21-16-10-8-15(2)9-11-16)13-17-14-23-18-6-4-5-7-19(18)24-17/h4-11,17H,3,12-14H2,1-2H3,(H,21,25)/t17-/m1/s1. The van der Waals surface area contributed by atoms with Gasteiger partial charge >= 0.3 is 0 Å². The Kier molecular flexibility index (Phi) is 5.76. The molecule has 0 aromatic heterocycles. The molecule has 0 fully saturated rings. The first-order valence-electron chi connectivity index (χ1n) is 8.67. The Morgan fingerprint density at radius 3 is 2.60 bits per heavy atom. The van der Waals surface area contributed by atoms with Crippen LogP contribution in [0.5, 0.6) is 11.5 Å². The van der Waals surface area contributed by atoms with Crippen molar-refractivity contribution >= 4 is 23.0 Å². The van der Waals surface area contributed by atoms with Crippen molar-refractivity contribution in [2.45, 2.75) is 26.4 Å². The van der Waals surface area contributed by atoms with Crippen LogP contribution in [0.2, 0.25) is 0 Å². The van der Waals surface area contributed by atoms with E-state index in [1.165, 1.54) is 5.56 Å². The van der Waals surface area contributed by atoms with Crippen LogP contribution in [0.3, 0.4) is 0 Å². The topological polar surface area (TPSA) is 33.7 Å². The molecule has 1 heterocycles. The van der Waals surface area contributed by atoms with Gasteiger partial charge in [-0.1, -0.05) is 36.8 Å². The van der Waals surface area contributed by atoms with E-state index in [0.29, 0.717) is 18.3 Å². The van der Waals surface area contributed by atoms with Gasteiger partial charge in [-0.2, -0.15) is 0 Å². The summed E-state index contributed by atoms with van der Waals surface area (Å²) >= 11 is 5.62. The summed E-state index contributed by atoms with van der Waals surface area (Å²) in [6, 6.07) is 16.0. The van der Waals surface area contributed by atoms with Crippen molar-refractivity contribution in [1.29, 1.82) is 0 Å². The van der Waals surface area contributed by atoms with Gasteiger partial charge in [-0.3, -0.25) is 0 Å². The fourth-order valence-corrected chi connectivity index (χ4v) is 3.07. The number of hydrogen-bond acceptors (Lipinski definition) is 3. The highest BCUT2D eigenvalue weighted by Gasteiger charge is 2.24. The molecule has 0 amide bonds. The molecule has 0 aliphatic carbocycles. The van der Waals surface area contributed by atoms with Crippen molar-refractivity contribution in [2.24, 2.45) is 0 Å². The Morgan fingerprint density at radius 2 is 1.88 bits per heavy atom. The first-order chi connectivity index (χ1) is 12.2. The Bertz CT molecular complexity index is 718. The summed E-state index contributed by atoms with van der Waals surface area (Å²) in [5, 5.41) is 4.04. The molecular formula is C20H24N2O2S. The number of nitrogens with one attached hydrogen (secondary N) is 1. The first kappa shape index (κ1) is 17.5. The Hall–Kier alpha value is -2.27. The number of fused-ring (bicyclic) bond motifs is 1. The molecule has 1 atom stereocenters.